The van der Waals surface area contributed by atoms with Crippen molar-refractivity contribution in [3.05, 3.63) is 35.6 Å². The standard InChI is InChI=1S/C18H24FN3OS2/c1-12(10-18(2,3)4)9-15(23)20-16-21-22-17(25-16)24-11-13-5-7-14(19)8-6-13/h5-8,12H,9-11H2,1-4H3,(H,20,21,23)/t12-/m1/s1. The Morgan fingerprint density at radius 3 is 2.60 bits per heavy atom. The van der Waals surface area contributed by atoms with Crippen molar-refractivity contribution in [3.8, 4) is 0 Å². The molecule has 2 aromatic rings. The average Bonchev–Trinajstić information content (AvgIpc) is 2.91. The highest BCUT2D eigenvalue weighted by Crippen LogP contribution is 2.29. The van der Waals surface area contributed by atoms with Gasteiger partial charge in [0, 0.05) is 12.2 Å². The fourth-order valence-corrected chi connectivity index (χ4v) is 4.37. The lowest BCUT2D eigenvalue weighted by Gasteiger charge is -2.22. The van der Waals surface area contributed by atoms with Crippen molar-refractivity contribution in [2.75, 3.05) is 5.32 Å². The van der Waals surface area contributed by atoms with Gasteiger partial charge in [-0.15, -0.1) is 10.2 Å². The second kappa shape index (κ2) is 8.76. The number of benzene rings is 1. The summed E-state index contributed by atoms with van der Waals surface area (Å²) in [6.07, 6.45) is 1.48. The van der Waals surface area contributed by atoms with E-state index in [0.29, 0.717) is 23.2 Å². The Balaban J connectivity index is 1.80. The van der Waals surface area contributed by atoms with E-state index < -0.39 is 0 Å². The fourth-order valence-electron chi connectivity index (χ4n) is 2.65. The first kappa shape index (κ1) is 19.8. The molecule has 1 amide bonds. The van der Waals surface area contributed by atoms with E-state index in [1.807, 2.05) is 0 Å². The third kappa shape index (κ3) is 7.52. The van der Waals surface area contributed by atoms with Gasteiger partial charge in [-0.3, -0.25) is 4.79 Å². The van der Waals surface area contributed by atoms with Gasteiger partial charge in [0.05, 0.1) is 0 Å². The van der Waals surface area contributed by atoms with Crippen LogP contribution in [0.5, 0.6) is 0 Å². The molecule has 0 fully saturated rings. The molecule has 0 radical (unpaired) electrons. The summed E-state index contributed by atoms with van der Waals surface area (Å²) in [6.45, 7) is 8.62. The van der Waals surface area contributed by atoms with Crippen LogP contribution in [-0.2, 0) is 10.5 Å². The maximum atomic E-state index is 12.9. The van der Waals surface area contributed by atoms with Gasteiger partial charge in [0.1, 0.15) is 5.82 Å². The quantitative estimate of drug-likeness (QED) is 0.517. The lowest BCUT2D eigenvalue weighted by atomic mass is 9.84. The zero-order valence-electron chi connectivity index (χ0n) is 15.0. The molecule has 0 spiro atoms. The second-order valence-electron chi connectivity index (χ2n) is 7.41. The number of anilines is 1. The summed E-state index contributed by atoms with van der Waals surface area (Å²) < 4.78 is 13.7. The molecule has 0 saturated heterocycles. The molecule has 1 atom stereocenters. The molecule has 1 aromatic heterocycles. The van der Waals surface area contributed by atoms with Gasteiger partial charge >= 0.3 is 0 Å². The van der Waals surface area contributed by atoms with Crippen molar-refractivity contribution in [2.45, 2.75) is 50.6 Å². The van der Waals surface area contributed by atoms with Crippen LogP contribution in [0.25, 0.3) is 0 Å². The molecule has 1 heterocycles. The molecule has 0 aliphatic rings. The molecule has 4 nitrogen and oxygen atoms in total. The Morgan fingerprint density at radius 1 is 1.28 bits per heavy atom. The Bertz CT molecular complexity index is 695. The van der Waals surface area contributed by atoms with Gasteiger partial charge in [-0.25, -0.2) is 4.39 Å². The van der Waals surface area contributed by atoms with Gasteiger partial charge in [-0.2, -0.15) is 0 Å². The van der Waals surface area contributed by atoms with Gasteiger partial charge < -0.3 is 5.32 Å². The highest BCUT2D eigenvalue weighted by atomic mass is 32.2. The van der Waals surface area contributed by atoms with Crippen LogP contribution in [0, 0.1) is 17.2 Å². The fraction of sp³-hybridized carbons (Fsp3) is 0.500. The summed E-state index contributed by atoms with van der Waals surface area (Å²) in [5.74, 6) is 0.740. The molecule has 7 heteroatoms. The molecular formula is C18H24FN3OS2. The Kier molecular flexibility index (Phi) is 6.95. The van der Waals surface area contributed by atoms with E-state index in [9.17, 15) is 9.18 Å². The number of carbonyl (C=O) groups excluding carboxylic acids is 1. The van der Waals surface area contributed by atoms with Crippen molar-refractivity contribution >= 4 is 34.1 Å². The lowest BCUT2D eigenvalue weighted by Crippen LogP contribution is -2.18. The van der Waals surface area contributed by atoms with Crippen LogP contribution in [-0.4, -0.2) is 16.1 Å². The molecule has 0 aliphatic heterocycles. The number of carbonyl (C=O) groups is 1. The molecule has 25 heavy (non-hydrogen) atoms. The molecule has 1 N–H and O–H groups in total. The second-order valence-corrected chi connectivity index (χ2v) is 9.61. The highest BCUT2D eigenvalue weighted by molar-refractivity contribution is 8.00. The number of nitrogens with one attached hydrogen (secondary N) is 1. The van der Waals surface area contributed by atoms with Crippen LogP contribution in [0.1, 0.15) is 46.1 Å². The summed E-state index contributed by atoms with van der Waals surface area (Å²) >= 11 is 2.88. The van der Waals surface area contributed by atoms with E-state index in [2.05, 4.69) is 43.2 Å². The van der Waals surface area contributed by atoms with Crippen molar-refractivity contribution in [2.24, 2.45) is 11.3 Å². The van der Waals surface area contributed by atoms with Gasteiger partial charge in [-0.1, -0.05) is 62.9 Å². The predicted octanol–water partition coefficient (Wildman–Crippen LogP) is 5.37. The molecule has 0 bridgehead atoms. The zero-order chi connectivity index (χ0) is 18.4. The summed E-state index contributed by atoms with van der Waals surface area (Å²) in [4.78, 5) is 12.1. The van der Waals surface area contributed by atoms with E-state index in [0.717, 1.165) is 16.3 Å². The average molecular weight is 382 g/mol. The smallest absolute Gasteiger partial charge is 0.226 e. The summed E-state index contributed by atoms with van der Waals surface area (Å²) in [5, 5.41) is 11.5. The van der Waals surface area contributed by atoms with Gasteiger partial charge in [0.2, 0.25) is 11.0 Å². The van der Waals surface area contributed by atoms with Crippen LogP contribution in [0.15, 0.2) is 28.6 Å². The largest absolute Gasteiger partial charge is 0.300 e. The Labute approximate surface area is 156 Å². The van der Waals surface area contributed by atoms with E-state index in [4.69, 9.17) is 0 Å². The van der Waals surface area contributed by atoms with Crippen LogP contribution in [0.3, 0.4) is 0 Å². The predicted molar refractivity (Wildman–Crippen MR) is 102 cm³/mol. The molecule has 0 unspecified atom stereocenters. The van der Waals surface area contributed by atoms with E-state index in [-0.39, 0.29) is 17.1 Å². The van der Waals surface area contributed by atoms with E-state index in [1.165, 1.54) is 35.2 Å². The van der Waals surface area contributed by atoms with Gasteiger partial charge in [0.15, 0.2) is 4.34 Å². The first-order valence-electron chi connectivity index (χ1n) is 8.22. The summed E-state index contributed by atoms with van der Waals surface area (Å²) in [5.41, 5.74) is 1.23. The first-order chi connectivity index (χ1) is 11.7. The van der Waals surface area contributed by atoms with Gasteiger partial charge in [0.25, 0.3) is 0 Å². The maximum absolute atomic E-state index is 12.9. The number of aromatic nitrogens is 2. The third-order valence-corrected chi connectivity index (χ3v) is 5.47. The minimum absolute atomic E-state index is 0.0250. The van der Waals surface area contributed by atoms with Crippen LogP contribution in [0.4, 0.5) is 9.52 Å². The molecular weight excluding hydrogens is 357 g/mol. The number of rotatable bonds is 7. The van der Waals surface area contributed by atoms with E-state index in [1.54, 1.807) is 12.1 Å². The number of thioether (sulfide) groups is 1. The molecule has 0 saturated carbocycles. The Morgan fingerprint density at radius 2 is 1.96 bits per heavy atom. The number of amides is 1. The monoisotopic (exact) mass is 381 g/mol. The van der Waals surface area contributed by atoms with E-state index >= 15 is 0 Å². The highest BCUT2D eigenvalue weighted by Gasteiger charge is 2.18. The first-order valence-corrected chi connectivity index (χ1v) is 10.0. The van der Waals surface area contributed by atoms with Crippen molar-refractivity contribution in [1.29, 1.82) is 0 Å². The SMILES string of the molecule is C[C@H](CC(=O)Nc1nnc(SCc2ccc(F)cc2)s1)CC(C)(C)C. The normalized spacial score (nSPS) is 12.8. The molecule has 136 valence electrons. The van der Waals surface area contributed by atoms with Crippen molar-refractivity contribution in [3.63, 3.8) is 0 Å². The minimum atomic E-state index is -0.240. The van der Waals surface area contributed by atoms with Crippen LogP contribution in [0.2, 0.25) is 0 Å². The summed E-state index contributed by atoms with van der Waals surface area (Å²) in [6, 6.07) is 6.39. The van der Waals surface area contributed by atoms with Crippen LogP contribution < -0.4 is 5.32 Å². The molecule has 1 aromatic carbocycles. The number of hydrogen-bond donors (Lipinski definition) is 1. The Hall–Kier alpha value is -1.47. The maximum Gasteiger partial charge on any atom is 0.226 e. The zero-order valence-corrected chi connectivity index (χ0v) is 16.6. The topological polar surface area (TPSA) is 54.9 Å². The number of hydrogen-bond acceptors (Lipinski definition) is 5. The number of halogens is 1. The van der Waals surface area contributed by atoms with Crippen LogP contribution >= 0.6 is 23.1 Å². The van der Waals surface area contributed by atoms with Crippen molar-refractivity contribution < 1.29 is 9.18 Å². The third-order valence-electron chi connectivity index (χ3n) is 3.42. The van der Waals surface area contributed by atoms with Gasteiger partial charge in [-0.05, 0) is 35.4 Å². The minimum Gasteiger partial charge on any atom is -0.300 e. The summed E-state index contributed by atoms with van der Waals surface area (Å²) in [7, 11) is 0. The molecule has 0 aliphatic carbocycles. The molecule has 2 rings (SSSR count). The van der Waals surface area contributed by atoms with Crippen molar-refractivity contribution in [1.82, 2.24) is 10.2 Å². The lowest BCUT2D eigenvalue weighted by molar-refractivity contribution is -0.117. The number of nitrogens with zero attached hydrogens (tertiary/aromatic N) is 2.